The minimum absolute atomic E-state index is 0.0522. The molecular weight excluding hydrogens is 384 g/mol. The van der Waals surface area contributed by atoms with Gasteiger partial charge in [0.2, 0.25) is 11.8 Å². The third-order valence-electron chi connectivity index (χ3n) is 5.07. The summed E-state index contributed by atoms with van der Waals surface area (Å²) >= 11 is 6.30. The van der Waals surface area contributed by atoms with E-state index in [1.165, 1.54) is 5.56 Å². The van der Waals surface area contributed by atoms with Crippen LogP contribution in [0.25, 0.3) is 0 Å². The molecule has 5 heteroatoms. The number of carbonyl (C=O) groups excluding carboxylic acids is 2. The number of carbonyl (C=O) groups is 2. The van der Waals surface area contributed by atoms with Crippen LogP contribution in [0, 0.1) is 0 Å². The Morgan fingerprint density at radius 3 is 2.31 bits per heavy atom. The number of hydrogen-bond donors (Lipinski definition) is 1. The molecule has 0 aliphatic rings. The van der Waals surface area contributed by atoms with E-state index < -0.39 is 6.04 Å². The van der Waals surface area contributed by atoms with Gasteiger partial charge in [-0.2, -0.15) is 0 Å². The van der Waals surface area contributed by atoms with Crippen LogP contribution in [-0.4, -0.2) is 29.3 Å². The SMILES string of the molecule is CCCNC(=O)[C@H](C)N(Cc1ccccc1Cl)C(=O)CCc1ccc(CC)cc1. The van der Waals surface area contributed by atoms with Crippen molar-refractivity contribution < 1.29 is 9.59 Å². The van der Waals surface area contributed by atoms with E-state index in [1.807, 2.05) is 25.1 Å². The maximum atomic E-state index is 13.1. The first-order valence-corrected chi connectivity index (χ1v) is 10.7. The molecule has 0 radical (unpaired) electrons. The molecule has 2 aromatic carbocycles. The summed E-state index contributed by atoms with van der Waals surface area (Å²) in [6.07, 6.45) is 2.84. The quantitative estimate of drug-likeness (QED) is 0.608. The second kappa shape index (κ2) is 11.6. The lowest BCUT2D eigenvalue weighted by atomic mass is 10.0. The van der Waals surface area contributed by atoms with E-state index in [4.69, 9.17) is 11.6 Å². The number of amides is 2. The van der Waals surface area contributed by atoms with Gasteiger partial charge < -0.3 is 10.2 Å². The van der Waals surface area contributed by atoms with Crippen molar-refractivity contribution >= 4 is 23.4 Å². The van der Waals surface area contributed by atoms with E-state index in [0.29, 0.717) is 31.0 Å². The average Bonchev–Trinajstić information content (AvgIpc) is 2.75. The molecule has 4 nitrogen and oxygen atoms in total. The third kappa shape index (κ3) is 6.90. The summed E-state index contributed by atoms with van der Waals surface area (Å²) in [4.78, 5) is 27.2. The lowest BCUT2D eigenvalue weighted by molar-refractivity contribution is -0.140. The molecule has 0 saturated carbocycles. The fourth-order valence-electron chi connectivity index (χ4n) is 3.13. The zero-order chi connectivity index (χ0) is 21.2. The van der Waals surface area contributed by atoms with Crippen LogP contribution in [0.3, 0.4) is 0 Å². The molecule has 0 bridgehead atoms. The normalized spacial score (nSPS) is 11.7. The third-order valence-corrected chi connectivity index (χ3v) is 5.44. The Hall–Kier alpha value is -2.33. The molecule has 1 N–H and O–H groups in total. The summed E-state index contributed by atoms with van der Waals surface area (Å²) in [6, 6.07) is 15.2. The fraction of sp³-hybridized carbons (Fsp3) is 0.417. The maximum absolute atomic E-state index is 13.1. The highest BCUT2D eigenvalue weighted by atomic mass is 35.5. The van der Waals surface area contributed by atoms with Crippen LogP contribution >= 0.6 is 11.6 Å². The largest absolute Gasteiger partial charge is 0.354 e. The van der Waals surface area contributed by atoms with Crippen LogP contribution in [0.15, 0.2) is 48.5 Å². The average molecular weight is 415 g/mol. The van der Waals surface area contributed by atoms with Gasteiger partial charge in [-0.15, -0.1) is 0 Å². The van der Waals surface area contributed by atoms with Gasteiger partial charge in [-0.3, -0.25) is 9.59 Å². The minimum atomic E-state index is -0.562. The predicted molar refractivity (Wildman–Crippen MR) is 119 cm³/mol. The molecule has 29 heavy (non-hydrogen) atoms. The van der Waals surface area contributed by atoms with Gasteiger partial charge in [0.25, 0.3) is 0 Å². The Balaban J connectivity index is 2.12. The second-order valence-electron chi connectivity index (χ2n) is 7.25. The van der Waals surface area contributed by atoms with E-state index in [-0.39, 0.29) is 11.8 Å². The zero-order valence-electron chi connectivity index (χ0n) is 17.6. The lowest BCUT2D eigenvalue weighted by Gasteiger charge is -2.29. The van der Waals surface area contributed by atoms with Crippen LogP contribution in [0.5, 0.6) is 0 Å². The van der Waals surface area contributed by atoms with E-state index in [9.17, 15) is 9.59 Å². The minimum Gasteiger partial charge on any atom is -0.354 e. The molecule has 0 aliphatic carbocycles. The molecule has 2 amide bonds. The van der Waals surface area contributed by atoms with Crippen LogP contribution in [-0.2, 0) is 29.0 Å². The summed E-state index contributed by atoms with van der Waals surface area (Å²) in [5, 5.41) is 3.49. The summed E-state index contributed by atoms with van der Waals surface area (Å²) in [6.45, 7) is 6.81. The molecule has 0 unspecified atom stereocenters. The highest BCUT2D eigenvalue weighted by molar-refractivity contribution is 6.31. The molecule has 0 aliphatic heterocycles. The molecule has 0 aromatic heterocycles. The second-order valence-corrected chi connectivity index (χ2v) is 7.66. The number of benzene rings is 2. The first-order valence-electron chi connectivity index (χ1n) is 10.3. The van der Waals surface area contributed by atoms with E-state index in [0.717, 1.165) is 24.0 Å². The van der Waals surface area contributed by atoms with Crippen molar-refractivity contribution in [1.82, 2.24) is 10.2 Å². The van der Waals surface area contributed by atoms with Crippen LogP contribution in [0.4, 0.5) is 0 Å². The zero-order valence-corrected chi connectivity index (χ0v) is 18.3. The van der Waals surface area contributed by atoms with Gasteiger partial charge in [0.1, 0.15) is 6.04 Å². The number of nitrogens with one attached hydrogen (secondary N) is 1. The lowest BCUT2D eigenvalue weighted by Crippen LogP contribution is -2.47. The molecule has 0 saturated heterocycles. The van der Waals surface area contributed by atoms with E-state index in [2.05, 4.69) is 36.5 Å². The highest BCUT2D eigenvalue weighted by Crippen LogP contribution is 2.20. The van der Waals surface area contributed by atoms with Gasteiger partial charge in [-0.05, 0) is 48.9 Å². The molecule has 156 valence electrons. The van der Waals surface area contributed by atoms with Crippen LogP contribution in [0.1, 0.15) is 50.3 Å². The molecule has 0 spiro atoms. The van der Waals surface area contributed by atoms with Crippen molar-refractivity contribution in [3.8, 4) is 0 Å². The fourth-order valence-corrected chi connectivity index (χ4v) is 3.32. The number of hydrogen-bond acceptors (Lipinski definition) is 2. The summed E-state index contributed by atoms with van der Waals surface area (Å²) < 4.78 is 0. The molecule has 2 rings (SSSR count). The Labute approximate surface area is 179 Å². The number of rotatable bonds is 10. The first-order chi connectivity index (χ1) is 14.0. The van der Waals surface area contributed by atoms with Crippen LogP contribution in [0.2, 0.25) is 5.02 Å². The van der Waals surface area contributed by atoms with E-state index >= 15 is 0 Å². The Bertz CT molecular complexity index is 805. The van der Waals surface area contributed by atoms with Crippen molar-refractivity contribution in [2.75, 3.05) is 6.54 Å². The number of aryl methyl sites for hydroxylation is 2. The Kier molecular flexibility index (Phi) is 9.20. The first kappa shape index (κ1) is 23.0. The molecule has 0 heterocycles. The van der Waals surface area contributed by atoms with Crippen molar-refractivity contribution in [2.45, 2.75) is 59.0 Å². The molecule has 1 atom stereocenters. The molecule has 2 aromatic rings. The van der Waals surface area contributed by atoms with Gasteiger partial charge in [0, 0.05) is 24.5 Å². The molecule has 0 fully saturated rings. The van der Waals surface area contributed by atoms with Gasteiger partial charge >= 0.3 is 0 Å². The maximum Gasteiger partial charge on any atom is 0.242 e. The predicted octanol–water partition coefficient (Wildman–Crippen LogP) is 4.78. The highest BCUT2D eigenvalue weighted by Gasteiger charge is 2.26. The Morgan fingerprint density at radius 2 is 1.69 bits per heavy atom. The summed E-state index contributed by atoms with van der Waals surface area (Å²) in [5.41, 5.74) is 3.24. The smallest absolute Gasteiger partial charge is 0.242 e. The van der Waals surface area contributed by atoms with Gasteiger partial charge in [-0.25, -0.2) is 0 Å². The van der Waals surface area contributed by atoms with Crippen LogP contribution < -0.4 is 5.32 Å². The van der Waals surface area contributed by atoms with Crippen molar-refractivity contribution in [3.63, 3.8) is 0 Å². The topological polar surface area (TPSA) is 49.4 Å². The molecular formula is C24H31ClN2O2. The van der Waals surface area contributed by atoms with Gasteiger partial charge in [-0.1, -0.05) is 67.9 Å². The number of halogens is 1. The van der Waals surface area contributed by atoms with Gasteiger partial charge in [0.05, 0.1) is 0 Å². The summed E-state index contributed by atoms with van der Waals surface area (Å²) in [7, 11) is 0. The standard InChI is InChI=1S/C24H31ClN2O2/c1-4-16-26-24(29)18(3)27(17-21-8-6-7-9-22(21)25)23(28)15-14-20-12-10-19(5-2)11-13-20/h6-13,18H,4-5,14-17H2,1-3H3,(H,26,29)/t18-/m0/s1. The Morgan fingerprint density at radius 1 is 1.03 bits per heavy atom. The summed E-state index contributed by atoms with van der Waals surface area (Å²) in [5.74, 6) is -0.191. The van der Waals surface area contributed by atoms with E-state index in [1.54, 1.807) is 17.9 Å². The number of nitrogens with zero attached hydrogens (tertiary/aromatic N) is 1. The van der Waals surface area contributed by atoms with Gasteiger partial charge in [0.15, 0.2) is 0 Å². The monoisotopic (exact) mass is 414 g/mol. The van der Waals surface area contributed by atoms with Crippen molar-refractivity contribution in [1.29, 1.82) is 0 Å². The van der Waals surface area contributed by atoms with Crippen molar-refractivity contribution in [3.05, 3.63) is 70.2 Å². The van der Waals surface area contributed by atoms with Crippen molar-refractivity contribution in [2.24, 2.45) is 0 Å².